The molecule has 0 heterocycles. The molecule has 0 saturated carbocycles. The fraction of sp³-hybridized carbons (Fsp3) is 0.375. The predicted molar refractivity (Wildman–Crippen MR) is 96.2 cm³/mol. The number of anilines is 2. The first-order valence-electron chi connectivity index (χ1n) is 6.53. The third-order valence-corrected chi connectivity index (χ3v) is 5.00. The molecule has 2 aromatic rings. The van der Waals surface area contributed by atoms with Crippen molar-refractivity contribution in [2.45, 2.75) is 9.79 Å². The molecule has 2 nitrogen and oxygen atoms in total. The maximum Gasteiger partial charge on any atom is 0.0462 e. The number of fused-ring (bicyclic) bond motifs is 1. The maximum atomic E-state index is 2.24. The summed E-state index contributed by atoms with van der Waals surface area (Å²) in [5, 5.41) is 2.72. The van der Waals surface area contributed by atoms with Gasteiger partial charge in [0.15, 0.2) is 0 Å². The topological polar surface area (TPSA) is 6.48 Å². The number of nitrogens with zero attached hydrogens (tertiary/aromatic N) is 2. The molecule has 0 amide bonds. The number of hydrogen-bond acceptors (Lipinski definition) is 4. The van der Waals surface area contributed by atoms with E-state index in [0.717, 1.165) is 0 Å². The van der Waals surface area contributed by atoms with E-state index in [9.17, 15) is 0 Å². The Hall–Kier alpha value is -1.00. The first-order valence-corrected chi connectivity index (χ1v) is 8.98. The number of rotatable bonds is 4. The van der Waals surface area contributed by atoms with Crippen LogP contribution in [0.4, 0.5) is 11.4 Å². The zero-order valence-corrected chi connectivity index (χ0v) is 14.7. The third-order valence-electron chi connectivity index (χ3n) is 3.44. The van der Waals surface area contributed by atoms with Gasteiger partial charge in [0.05, 0.1) is 0 Å². The summed E-state index contributed by atoms with van der Waals surface area (Å²) in [6.45, 7) is 0. The SMILES string of the molecule is CSc1ccc(N(C)C)c2c(N(C)C)ccc(SC)c12. The molecule has 108 valence electrons. The number of benzene rings is 2. The van der Waals surface area contributed by atoms with Crippen LogP contribution in [0.3, 0.4) is 0 Å². The molecule has 0 spiro atoms. The quantitative estimate of drug-likeness (QED) is 0.771. The Kier molecular flexibility index (Phi) is 4.76. The van der Waals surface area contributed by atoms with Gasteiger partial charge in [-0.2, -0.15) is 0 Å². The van der Waals surface area contributed by atoms with Crippen molar-refractivity contribution in [2.24, 2.45) is 0 Å². The minimum atomic E-state index is 1.28. The Morgan fingerprint density at radius 1 is 0.650 bits per heavy atom. The molecule has 0 fully saturated rings. The fourth-order valence-corrected chi connectivity index (χ4v) is 3.79. The van der Waals surface area contributed by atoms with Crippen LogP contribution in [0.1, 0.15) is 0 Å². The standard InChI is InChI=1S/C16H22N2S2/c1-17(2)11-7-9-13(19-5)16-14(20-6)10-8-12(15(11)16)18(3)4/h7-10H,1-6H3. The van der Waals surface area contributed by atoms with Crippen LogP contribution in [0.2, 0.25) is 0 Å². The molecule has 4 heteroatoms. The van der Waals surface area contributed by atoms with E-state index in [1.807, 2.05) is 23.5 Å². The predicted octanol–water partition coefficient (Wildman–Crippen LogP) is 4.42. The van der Waals surface area contributed by atoms with Gasteiger partial charge in [-0.15, -0.1) is 23.5 Å². The van der Waals surface area contributed by atoms with Crippen LogP contribution in [-0.2, 0) is 0 Å². The number of thioether (sulfide) groups is 2. The van der Waals surface area contributed by atoms with Crippen LogP contribution in [-0.4, -0.2) is 40.7 Å². The lowest BCUT2D eigenvalue weighted by Gasteiger charge is -2.24. The highest BCUT2D eigenvalue weighted by Gasteiger charge is 2.15. The molecule has 0 aliphatic carbocycles. The van der Waals surface area contributed by atoms with Crippen molar-refractivity contribution >= 4 is 45.7 Å². The van der Waals surface area contributed by atoms with Gasteiger partial charge in [-0.25, -0.2) is 0 Å². The minimum Gasteiger partial charge on any atom is -0.377 e. The smallest absolute Gasteiger partial charge is 0.0462 e. The molecule has 0 unspecified atom stereocenters. The van der Waals surface area contributed by atoms with E-state index in [1.165, 1.54) is 31.9 Å². The van der Waals surface area contributed by atoms with Crippen LogP contribution >= 0.6 is 23.5 Å². The van der Waals surface area contributed by atoms with E-state index in [4.69, 9.17) is 0 Å². The van der Waals surface area contributed by atoms with Gasteiger partial charge < -0.3 is 9.80 Å². The van der Waals surface area contributed by atoms with Crippen LogP contribution in [0.5, 0.6) is 0 Å². The monoisotopic (exact) mass is 306 g/mol. The number of hydrogen-bond donors (Lipinski definition) is 0. The first-order chi connectivity index (χ1) is 9.51. The minimum absolute atomic E-state index is 1.28. The average molecular weight is 306 g/mol. The Morgan fingerprint density at radius 2 is 1.05 bits per heavy atom. The third kappa shape index (κ3) is 2.59. The van der Waals surface area contributed by atoms with Crippen LogP contribution in [0.15, 0.2) is 34.1 Å². The van der Waals surface area contributed by atoms with Crippen molar-refractivity contribution in [1.82, 2.24) is 0 Å². The van der Waals surface area contributed by atoms with Gasteiger partial charge in [-0.05, 0) is 36.8 Å². The van der Waals surface area contributed by atoms with Crippen LogP contribution < -0.4 is 9.80 Å². The largest absolute Gasteiger partial charge is 0.377 e. The van der Waals surface area contributed by atoms with Crippen LogP contribution in [0.25, 0.3) is 10.8 Å². The highest BCUT2D eigenvalue weighted by Crippen LogP contribution is 2.43. The second-order valence-corrected chi connectivity index (χ2v) is 6.81. The van der Waals surface area contributed by atoms with Gasteiger partial charge in [0, 0.05) is 60.1 Å². The molecule has 0 aliphatic rings. The summed E-state index contributed by atoms with van der Waals surface area (Å²) in [5.74, 6) is 0. The van der Waals surface area contributed by atoms with E-state index in [0.29, 0.717) is 0 Å². The van der Waals surface area contributed by atoms with E-state index in [2.05, 4.69) is 74.8 Å². The van der Waals surface area contributed by atoms with Crippen molar-refractivity contribution in [1.29, 1.82) is 0 Å². The van der Waals surface area contributed by atoms with Crippen molar-refractivity contribution < 1.29 is 0 Å². The summed E-state index contributed by atoms with van der Waals surface area (Å²) in [6, 6.07) is 8.93. The van der Waals surface area contributed by atoms with Gasteiger partial charge in [-0.3, -0.25) is 0 Å². The summed E-state index contributed by atoms with van der Waals surface area (Å²) in [5.41, 5.74) is 2.55. The molecule has 0 aliphatic heterocycles. The summed E-state index contributed by atoms with van der Waals surface area (Å²) >= 11 is 3.64. The molecule has 0 N–H and O–H groups in total. The van der Waals surface area contributed by atoms with E-state index in [-0.39, 0.29) is 0 Å². The molecule has 0 bridgehead atoms. The Morgan fingerprint density at radius 3 is 1.35 bits per heavy atom. The second kappa shape index (κ2) is 6.19. The summed E-state index contributed by atoms with van der Waals surface area (Å²) in [6.07, 6.45) is 4.30. The average Bonchev–Trinajstić information content (AvgIpc) is 2.44. The van der Waals surface area contributed by atoms with Crippen molar-refractivity contribution in [3.8, 4) is 0 Å². The van der Waals surface area contributed by atoms with E-state index >= 15 is 0 Å². The molecule has 2 aromatic carbocycles. The fourth-order valence-electron chi connectivity index (χ4n) is 2.48. The summed E-state index contributed by atoms with van der Waals surface area (Å²) in [7, 11) is 8.44. The Bertz CT molecular complexity index is 571. The van der Waals surface area contributed by atoms with Crippen LogP contribution in [0, 0.1) is 0 Å². The molecule has 20 heavy (non-hydrogen) atoms. The van der Waals surface area contributed by atoms with Crippen molar-refractivity contribution in [3.63, 3.8) is 0 Å². The summed E-state index contributed by atoms with van der Waals surface area (Å²) in [4.78, 5) is 7.09. The zero-order chi connectivity index (χ0) is 14.9. The molecular formula is C16H22N2S2. The van der Waals surface area contributed by atoms with Gasteiger partial charge >= 0.3 is 0 Å². The lowest BCUT2D eigenvalue weighted by molar-refractivity contribution is 1.12. The second-order valence-electron chi connectivity index (χ2n) is 5.11. The zero-order valence-electron chi connectivity index (χ0n) is 13.0. The Balaban J connectivity index is 2.97. The van der Waals surface area contributed by atoms with E-state index in [1.54, 1.807) is 0 Å². The first kappa shape index (κ1) is 15.4. The highest BCUT2D eigenvalue weighted by molar-refractivity contribution is 7.99. The molecule has 0 atom stereocenters. The normalized spacial score (nSPS) is 10.9. The lowest BCUT2D eigenvalue weighted by atomic mass is 10.1. The Labute approximate surface area is 130 Å². The van der Waals surface area contributed by atoms with Gasteiger partial charge in [0.25, 0.3) is 0 Å². The van der Waals surface area contributed by atoms with Crippen molar-refractivity contribution in [3.05, 3.63) is 24.3 Å². The van der Waals surface area contributed by atoms with Gasteiger partial charge in [-0.1, -0.05) is 0 Å². The van der Waals surface area contributed by atoms with Gasteiger partial charge in [0.2, 0.25) is 0 Å². The maximum absolute atomic E-state index is 2.24. The molecular weight excluding hydrogens is 284 g/mol. The highest BCUT2D eigenvalue weighted by atomic mass is 32.2. The molecule has 2 rings (SSSR count). The molecule has 0 aromatic heterocycles. The summed E-state index contributed by atoms with van der Waals surface area (Å²) < 4.78 is 0. The molecule has 0 saturated heterocycles. The van der Waals surface area contributed by atoms with Gasteiger partial charge in [0.1, 0.15) is 0 Å². The lowest BCUT2D eigenvalue weighted by Crippen LogP contribution is -2.13. The van der Waals surface area contributed by atoms with Crippen molar-refractivity contribution in [2.75, 3.05) is 50.5 Å². The van der Waals surface area contributed by atoms with E-state index < -0.39 is 0 Å². The molecule has 0 radical (unpaired) electrons.